The average Bonchev–Trinajstić information content (AvgIpc) is 2.27. The van der Waals surface area contributed by atoms with Gasteiger partial charge in [0.05, 0.1) is 16.9 Å². The summed E-state index contributed by atoms with van der Waals surface area (Å²) < 4.78 is 36.0. The molecule has 1 aromatic rings. The molecule has 9 heteroatoms. The lowest BCUT2D eigenvalue weighted by Crippen LogP contribution is -2.30. The molecule has 1 aromatic carbocycles. The lowest BCUT2D eigenvalue weighted by atomic mass is 10.1. The maximum atomic E-state index is 12.0. The van der Waals surface area contributed by atoms with Gasteiger partial charge in [0.1, 0.15) is 6.07 Å². The zero-order chi connectivity index (χ0) is 13.9. The molecule has 0 aliphatic rings. The summed E-state index contributed by atoms with van der Waals surface area (Å²) in [6.45, 7) is 0. The molecule has 18 heavy (non-hydrogen) atoms. The van der Waals surface area contributed by atoms with E-state index in [2.05, 4.69) is 0 Å². The van der Waals surface area contributed by atoms with Gasteiger partial charge in [-0.2, -0.15) is 18.4 Å². The molecule has 0 saturated carbocycles. The molecular weight excluding hydrogens is 255 g/mol. The van der Waals surface area contributed by atoms with Crippen molar-refractivity contribution in [2.75, 3.05) is 10.5 Å². The van der Waals surface area contributed by atoms with Crippen LogP contribution < -0.4 is 10.5 Å². The van der Waals surface area contributed by atoms with Crippen LogP contribution in [0.2, 0.25) is 0 Å². The molecule has 0 atom stereocenters. The van der Waals surface area contributed by atoms with E-state index in [4.69, 9.17) is 10.5 Å². The topological polar surface area (TPSA) is 99.4 Å². The van der Waals surface area contributed by atoms with Gasteiger partial charge >= 0.3 is 12.1 Å². The highest BCUT2D eigenvalue weighted by molar-refractivity contribution is 5.96. The Bertz CT molecular complexity index is 508. The summed E-state index contributed by atoms with van der Waals surface area (Å²) in [5.74, 6) is -2.24. The van der Waals surface area contributed by atoms with Gasteiger partial charge < -0.3 is 15.8 Å². The van der Waals surface area contributed by atoms with E-state index >= 15 is 0 Å². The minimum absolute atomic E-state index is 0.350. The molecular formula is C9H5F3N3O3-. The number of carbonyl (C=O) groups excluding carboxylic acids is 1. The largest absolute Gasteiger partial charge is 0.733 e. The molecule has 0 aliphatic carbocycles. The van der Waals surface area contributed by atoms with Crippen molar-refractivity contribution >= 4 is 17.3 Å². The number of anilines is 2. The molecule has 0 aliphatic heterocycles. The van der Waals surface area contributed by atoms with Crippen LogP contribution in [-0.2, 0) is 4.79 Å². The second kappa shape index (κ2) is 4.91. The van der Waals surface area contributed by atoms with Gasteiger partial charge in [0.2, 0.25) is 0 Å². The van der Waals surface area contributed by atoms with Gasteiger partial charge in [0.25, 0.3) is 0 Å². The van der Waals surface area contributed by atoms with Crippen molar-refractivity contribution in [1.29, 1.82) is 5.26 Å². The number of nitrogens with zero attached hydrogens (tertiary/aromatic N) is 2. The number of hydrogen-bond acceptors (Lipinski definition) is 5. The van der Waals surface area contributed by atoms with Crippen LogP contribution >= 0.6 is 0 Å². The van der Waals surface area contributed by atoms with Crippen LogP contribution in [0.5, 0.6) is 0 Å². The number of nitriles is 1. The molecule has 6 nitrogen and oxygen atoms in total. The van der Waals surface area contributed by atoms with Crippen molar-refractivity contribution in [2.45, 2.75) is 6.18 Å². The standard InChI is InChI=1S/C9H5F3N3O3/c10-9(11,12)8(16)14-7-2-1-6(15(17)18)3-5(7)4-13/h1-3,17H,(H,14,16)/q-1. The van der Waals surface area contributed by atoms with Crippen molar-refractivity contribution < 1.29 is 23.2 Å². The maximum Gasteiger partial charge on any atom is 0.471 e. The first-order chi connectivity index (χ1) is 8.25. The van der Waals surface area contributed by atoms with Crippen LogP contribution in [0, 0.1) is 16.5 Å². The fourth-order valence-electron chi connectivity index (χ4n) is 1.05. The Morgan fingerprint density at radius 2 is 2.11 bits per heavy atom. The first-order valence-electron chi connectivity index (χ1n) is 4.34. The third-order valence-corrected chi connectivity index (χ3v) is 1.85. The molecule has 0 bridgehead atoms. The van der Waals surface area contributed by atoms with Crippen molar-refractivity contribution in [3.8, 4) is 6.07 Å². The highest BCUT2D eigenvalue weighted by atomic mass is 19.4. The van der Waals surface area contributed by atoms with E-state index in [0.29, 0.717) is 0 Å². The van der Waals surface area contributed by atoms with Gasteiger partial charge in [-0.25, -0.2) is 0 Å². The Morgan fingerprint density at radius 1 is 1.50 bits per heavy atom. The number of amides is 1. The van der Waals surface area contributed by atoms with E-state index in [1.807, 2.05) is 0 Å². The van der Waals surface area contributed by atoms with Crippen LogP contribution in [0.25, 0.3) is 0 Å². The average molecular weight is 260 g/mol. The number of halogens is 3. The van der Waals surface area contributed by atoms with E-state index < -0.39 is 23.0 Å². The van der Waals surface area contributed by atoms with Gasteiger partial charge in [0.15, 0.2) is 0 Å². The Hall–Kier alpha value is -2.31. The van der Waals surface area contributed by atoms with Crippen LogP contribution in [-0.4, -0.2) is 17.3 Å². The van der Waals surface area contributed by atoms with Gasteiger partial charge in [0, 0.05) is 0 Å². The normalized spacial score (nSPS) is 10.7. The van der Waals surface area contributed by atoms with Gasteiger partial charge in [-0.1, -0.05) is 0 Å². The van der Waals surface area contributed by atoms with Crippen LogP contribution in [0.1, 0.15) is 5.56 Å². The number of nitrogens with one attached hydrogen (secondary N) is 1. The molecule has 0 radical (unpaired) electrons. The predicted octanol–water partition coefficient (Wildman–Crippen LogP) is 1.75. The summed E-state index contributed by atoms with van der Waals surface area (Å²) >= 11 is 0. The highest BCUT2D eigenvalue weighted by Gasteiger charge is 2.38. The van der Waals surface area contributed by atoms with E-state index in [1.165, 1.54) is 11.4 Å². The van der Waals surface area contributed by atoms with Gasteiger partial charge in [-0.05, 0) is 18.2 Å². The SMILES string of the molecule is N#Cc1cc(N([O-])O)ccc1NC(=O)C(F)(F)F. The Morgan fingerprint density at radius 3 is 2.56 bits per heavy atom. The first kappa shape index (κ1) is 13.8. The van der Waals surface area contributed by atoms with E-state index in [-0.39, 0.29) is 11.3 Å². The smallest absolute Gasteiger partial charge is 0.471 e. The Kier molecular flexibility index (Phi) is 3.75. The Balaban J connectivity index is 3.05. The molecule has 0 aromatic heterocycles. The highest BCUT2D eigenvalue weighted by Crippen LogP contribution is 2.24. The van der Waals surface area contributed by atoms with E-state index in [1.54, 1.807) is 0 Å². The molecule has 0 fully saturated rings. The zero-order valence-corrected chi connectivity index (χ0v) is 8.52. The molecule has 0 heterocycles. The number of rotatable bonds is 2. The molecule has 1 rings (SSSR count). The second-order valence-corrected chi connectivity index (χ2v) is 3.07. The third-order valence-electron chi connectivity index (χ3n) is 1.85. The summed E-state index contributed by atoms with van der Waals surface area (Å²) in [6.07, 6.45) is -5.09. The summed E-state index contributed by atoms with van der Waals surface area (Å²) in [4.78, 5) is 10.7. The molecule has 0 spiro atoms. The molecule has 1 amide bonds. The number of carbonyl (C=O) groups is 1. The minimum Gasteiger partial charge on any atom is -0.733 e. The Labute approximate surface area is 98.4 Å². The third kappa shape index (κ3) is 3.09. The van der Waals surface area contributed by atoms with E-state index in [0.717, 1.165) is 18.2 Å². The summed E-state index contributed by atoms with van der Waals surface area (Å²) in [5, 5.41) is 28.6. The van der Waals surface area contributed by atoms with Crippen molar-refractivity contribution in [2.24, 2.45) is 0 Å². The molecule has 0 unspecified atom stereocenters. The fraction of sp³-hybridized carbons (Fsp3) is 0.111. The van der Waals surface area contributed by atoms with E-state index in [9.17, 15) is 23.2 Å². The first-order valence-corrected chi connectivity index (χ1v) is 4.34. The predicted molar refractivity (Wildman–Crippen MR) is 53.5 cm³/mol. The zero-order valence-electron chi connectivity index (χ0n) is 8.52. The number of alkyl halides is 3. The van der Waals surface area contributed by atoms with Crippen molar-refractivity contribution in [3.63, 3.8) is 0 Å². The fourth-order valence-corrected chi connectivity index (χ4v) is 1.05. The monoisotopic (exact) mass is 260 g/mol. The molecule has 2 N–H and O–H groups in total. The van der Waals surface area contributed by atoms with Crippen LogP contribution in [0.15, 0.2) is 18.2 Å². The van der Waals surface area contributed by atoms with Crippen molar-refractivity contribution in [1.82, 2.24) is 0 Å². The summed E-state index contributed by atoms with van der Waals surface area (Å²) in [5.41, 5.74) is -1.15. The van der Waals surface area contributed by atoms with Crippen LogP contribution in [0.3, 0.4) is 0 Å². The summed E-state index contributed by atoms with van der Waals surface area (Å²) in [7, 11) is 0. The maximum absolute atomic E-state index is 12.0. The minimum atomic E-state index is -5.09. The lowest BCUT2D eigenvalue weighted by molar-refractivity contribution is -0.167. The number of benzene rings is 1. The number of hydrogen-bond donors (Lipinski definition) is 2. The second-order valence-electron chi connectivity index (χ2n) is 3.07. The van der Waals surface area contributed by atoms with Crippen molar-refractivity contribution in [3.05, 3.63) is 29.0 Å². The van der Waals surface area contributed by atoms with Crippen LogP contribution in [0.4, 0.5) is 24.5 Å². The molecule has 0 saturated heterocycles. The quantitative estimate of drug-likeness (QED) is 0.789. The van der Waals surface area contributed by atoms with Gasteiger partial charge in [-0.3, -0.25) is 10.0 Å². The lowest BCUT2D eigenvalue weighted by Gasteiger charge is -2.22. The van der Waals surface area contributed by atoms with Gasteiger partial charge in [-0.15, -0.1) is 0 Å². The molecule has 96 valence electrons. The summed E-state index contributed by atoms with van der Waals surface area (Å²) in [6, 6.07) is 4.17.